The summed E-state index contributed by atoms with van der Waals surface area (Å²) in [6.07, 6.45) is 0.492. The zero-order valence-corrected chi connectivity index (χ0v) is 14.6. The Bertz CT molecular complexity index is 892. The van der Waals surface area contributed by atoms with E-state index in [2.05, 4.69) is 20.6 Å². The first-order chi connectivity index (χ1) is 12.5. The number of nitrogens with zero attached hydrogens (tertiary/aromatic N) is 4. The van der Waals surface area contributed by atoms with E-state index in [1.54, 1.807) is 28.8 Å². The van der Waals surface area contributed by atoms with Gasteiger partial charge in [-0.25, -0.2) is 4.39 Å². The first-order valence-corrected chi connectivity index (χ1v) is 8.41. The third kappa shape index (κ3) is 4.33. The number of benzene rings is 1. The van der Waals surface area contributed by atoms with Gasteiger partial charge in [-0.1, -0.05) is 13.8 Å². The van der Waals surface area contributed by atoms with Crippen LogP contribution >= 0.6 is 0 Å². The summed E-state index contributed by atoms with van der Waals surface area (Å²) in [5.74, 6) is 0.886. The minimum atomic E-state index is -0.320. The van der Waals surface area contributed by atoms with Gasteiger partial charge in [-0.2, -0.15) is 4.52 Å². The smallest absolute Gasteiger partial charge is 0.231 e. The number of ether oxygens (including phenoxy) is 1. The van der Waals surface area contributed by atoms with Crippen molar-refractivity contribution in [3.05, 3.63) is 42.2 Å². The van der Waals surface area contributed by atoms with Crippen LogP contribution in [0, 0.1) is 11.7 Å². The first-order valence-electron chi connectivity index (χ1n) is 8.41. The third-order valence-corrected chi connectivity index (χ3v) is 3.61. The SMILES string of the molecule is CC(C)CC(=O)NCCOc1ccc2nnc(-c3ccc(F)cc3)n2n1. The van der Waals surface area contributed by atoms with Crippen LogP contribution in [0.4, 0.5) is 4.39 Å². The van der Waals surface area contributed by atoms with Crippen molar-refractivity contribution in [2.45, 2.75) is 20.3 Å². The lowest BCUT2D eigenvalue weighted by molar-refractivity contribution is -0.121. The summed E-state index contributed by atoms with van der Waals surface area (Å²) in [6.45, 7) is 4.69. The fraction of sp³-hybridized carbons (Fsp3) is 0.333. The van der Waals surface area contributed by atoms with Crippen LogP contribution < -0.4 is 10.1 Å². The molecule has 0 atom stereocenters. The average molecular weight is 357 g/mol. The fourth-order valence-corrected chi connectivity index (χ4v) is 2.42. The second-order valence-electron chi connectivity index (χ2n) is 6.27. The molecule has 0 unspecified atom stereocenters. The quantitative estimate of drug-likeness (QED) is 0.657. The van der Waals surface area contributed by atoms with Gasteiger partial charge in [-0.3, -0.25) is 4.79 Å². The molecule has 8 heteroatoms. The molecule has 2 aromatic heterocycles. The van der Waals surface area contributed by atoms with Crippen LogP contribution in [0.5, 0.6) is 5.88 Å². The van der Waals surface area contributed by atoms with Gasteiger partial charge in [0.15, 0.2) is 11.5 Å². The van der Waals surface area contributed by atoms with Crippen molar-refractivity contribution < 1.29 is 13.9 Å². The lowest BCUT2D eigenvalue weighted by Crippen LogP contribution is -2.29. The summed E-state index contributed by atoms with van der Waals surface area (Å²) in [6, 6.07) is 9.37. The van der Waals surface area contributed by atoms with E-state index < -0.39 is 0 Å². The molecule has 0 bridgehead atoms. The highest BCUT2D eigenvalue weighted by atomic mass is 19.1. The van der Waals surface area contributed by atoms with E-state index in [0.29, 0.717) is 48.4 Å². The molecular formula is C18H20FN5O2. The minimum Gasteiger partial charge on any atom is -0.475 e. The molecule has 3 aromatic rings. The van der Waals surface area contributed by atoms with Gasteiger partial charge >= 0.3 is 0 Å². The minimum absolute atomic E-state index is 0.00409. The average Bonchev–Trinajstić information content (AvgIpc) is 3.02. The molecule has 1 amide bonds. The number of hydrogen-bond acceptors (Lipinski definition) is 5. The molecule has 1 N–H and O–H groups in total. The fourth-order valence-electron chi connectivity index (χ4n) is 2.42. The van der Waals surface area contributed by atoms with Crippen molar-refractivity contribution in [3.63, 3.8) is 0 Å². The Labute approximate surface area is 150 Å². The lowest BCUT2D eigenvalue weighted by Gasteiger charge is -2.08. The zero-order valence-electron chi connectivity index (χ0n) is 14.6. The van der Waals surface area contributed by atoms with Gasteiger partial charge in [-0.05, 0) is 36.2 Å². The number of nitrogens with one attached hydrogen (secondary N) is 1. The first kappa shape index (κ1) is 17.8. The molecule has 136 valence electrons. The largest absolute Gasteiger partial charge is 0.475 e. The summed E-state index contributed by atoms with van der Waals surface area (Å²) in [4.78, 5) is 11.6. The van der Waals surface area contributed by atoms with E-state index in [-0.39, 0.29) is 11.7 Å². The number of fused-ring (bicyclic) bond motifs is 1. The summed E-state index contributed by atoms with van der Waals surface area (Å²) in [7, 11) is 0. The van der Waals surface area contributed by atoms with E-state index in [4.69, 9.17) is 4.74 Å². The Kier molecular flexibility index (Phi) is 5.40. The topological polar surface area (TPSA) is 81.4 Å². The van der Waals surface area contributed by atoms with Gasteiger partial charge in [0, 0.05) is 18.1 Å². The van der Waals surface area contributed by atoms with Gasteiger partial charge in [0.05, 0.1) is 6.54 Å². The van der Waals surface area contributed by atoms with Crippen molar-refractivity contribution in [1.82, 2.24) is 25.1 Å². The molecule has 1 aromatic carbocycles. The molecule has 26 heavy (non-hydrogen) atoms. The number of rotatable bonds is 7. The molecule has 0 radical (unpaired) electrons. The predicted molar refractivity (Wildman–Crippen MR) is 94.1 cm³/mol. The molecule has 0 spiro atoms. The lowest BCUT2D eigenvalue weighted by atomic mass is 10.1. The zero-order chi connectivity index (χ0) is 18.5. The molecule has 0 aliphatic carbocycles. The van der Waals surface area contributed by atoms with Crippen LogP contribution in [0.1, 0.15) is 20.3 Å². The highest BCUT2D eigenvalue weighted by molar-refractivity contribution is 5.76. The van der Waals surface area contributed by atoms with Crippen molar-refractivity contribution in [3.8, 4) is 17.3 Å². The van der Waals surface area contributed by atoms with Gasteiger partial charge in [0.2, 0.25) is 11.8 Å². The van der Waals surface area contributed by atoms with E-state index in [1.165, 1.54) is 12.1 Å². The Hall–Kier alpha value is -3.03. The molecule has 0 saturated carbocycles. The second-order valence-corrected chi connectivity index (χ2v) is 6.27. The van der Waals surface area contributed by atoms with Gasteiger partial charge in [0.1, 0.15) is 12.4 Å². The number of aromatic nitrogens is 4. The van der Waals surface area contributed by atoms with Crippen LogP contribution in [0.2, 0.25) is 0 Å². The number of halogens is 1. The second kappa shape index (κ2) is 7.90. The molecule has 0 fully saturated rings. The molecular weight excluding hydrogens is 337 g/mol. The highest BCUT2D eigenvalue weighted by Gasteiger charge is 2.11. The van der Waals surface area contributed by atoms with Gasteiger partial charge < -0.3 is 10.1 Å². The normalized spacial score (nSPS) is 11.1. The monoisotopic (exact) mass is 357 g/mol. The van der Waals surface area contributed by atoms with Gasteiger partial charge in [0.25, 0.3) is 0 Å². The molecule has 0 aliphatic heterocycles. The number of carbonyl (C=O) groups is 1. The number of hydrogen-bond donors (Lipinski definition) is 1. The number of carbonyl (C=O) groups excluding carboxylic acids is 1. The van der Waals surface area contributed by atoms with E-state index >= 15 is 0 Å². The maximum absolute atomic E-state index is 13.1. The molecule has 2 heterocycles. The maximum atomic E-state index is 13.1. The number of amides is 1. The van der Waals surface area contributed by atoms with Crippen LogP contribution in [0.25, 0.3) is 17.0 Å². The van der Waals surface area contributed by atoms with E-state index in [1.807, 2.05) is 13.8 Å². The van der Waals surface area contributed by atoms with E-state index in [0.717, 1.165) is 0 Å². The Morgan fingerprint density at radius 3 is 2.69 bits per heavy atom. The van der Waals surface area contributed by atoms with E-state index in [9.17, 15) is 9.18 Å². The molecule has 7 nitrogen and oxygen atoms in total. The predicted octanol–water partition coefficient (Wildman–Crippen LogP) is 2.47. The summed E-state index contributed by atoms with van der Waals surface area (Å²) >= 11 is 0. The third-order valence-electron chi connectivity index (χ3n) is 3.61. The van der Waals surface area contributed by atoms with Crippen LogP contribution in [-0.2, 0) is 4.79 Å². The van der Waals surface area contributed by atoms with Crippen LogP contribution in [0.3, 0.4) is 0 Å². The van der Waals surface area contributed by atoms with Crippen LogP contribution in [0.15, 0.2) is 36.4 Å². The van der Waals surface area contributed by atoms with Crippen LogP contribution in [-0.4, -0.2) is 38.9 Å². The summed E-state index contributed by atoms with van der Waals surface area (Å²) in [5.41, 5.74) is 1.26. The molecule has 0 saturated heterocycles. The van der Waals surface area contributed by atoms with Crippen molar-refractivity contribution in [2.24, 2.45) is 5.92 Å². The van der Waals surface area contributed by atoms with Crippen molar-refractivity contribution in [2.75, 3.05) is 13.2 Å². The Morgan fingerprint density at radius 1 is 1.19 bits per heavy atom. The molecule has 3 rings (SSSR count). The van der Waals surface area contributed by atoms with Gasteiger partial charge in [-0.15, -0.1) is 15.3 Å². The highest BCUT2D eigenvalue weighted by Crippen LogP contribution is 2.19. The van der Waals surface area contributed by atoms with Crippen molar-refractivity contribution in [1.29, 1.82) is 0 Å². The van der Waals surface area contributed by atoms with Crippen molar-refractivity contribution >= 4 is 11.6 Å². The Balaban J connectivity index is 1.66. The molecule has 0 aliphatic rings. The standard InChI is InChI=1S/C18H20FN5O2/c1-12(2)11-16(25)20-9-10-26-17-8-7-15-21-22-18(24(15)23-17)13-3-5-14(19)6-4-13/h3-8,12H,9-11H2,1-2H3,(H,20,25). The summed E-state index contributed by atoms with van der Waals surface area (Å²) < 4.78 is 20.2. The Morgan fingerprint density at radius 2 is 1.96 bits per heavy atom. The maximum Gasteiger partial charge on any atom is 0.231 e. The summed E-state index contributed by atoms with van der Waals surface area (Å²) in [5, 5.41) is 15.3.